The highest BCUT2D eigenvalue weighted by molar-refractivity contribution is 8.00. The van der Waals surface area contributed by atoms with Crippen LogP contribution in [0.2, 0.25) is 0 Å². The summed E-state index contributed by atoms with van der Waals surface area (Å²) in [5.74, 6) is 0.914. The van der Waals surface area contributed by atoms with E-state index in [9.17, 15) is 9.59 Å². The molecule has 0 spiro atoms. The van der Waals surface area contributed by atoms with Crippen LogP contribution in [0.1, 0.15) is 13.3 Å². The van der Waals surface area contributed by atoms with Crippen LogP contribution in [-0.4, -0.2) is 29.4 Å². The molecule has 13 heavy (non-hydrogen) atoms. The molecule has 1 rings (SSSR count). The van der Waals surface area contributed by atoms with Gasteiger partial charge in [0.15, 0.2) is 0 Å². The number of rotatable bonds is 4. The minimum absolute atomic E-state index is 0.153. The second-order valence-corrected chi connectivity index (χ2v) is 4.52. The van der Waals surface area contributed by atoms with Gasteiger partial charge in [0, 0.05) is 6.42 Å². The molecule has 0 aromatic heterocycles. The third-order valence-corrected chi connectivity index (χ3v) is 3.45. The van der Waals surface area contributed by atoms with Crippen molar-refractivity contribution in [3.8, 4) is 0 Å². The molecule has 0 radical (unpaired) electrons. The first-order chi connectivity index (χ1) is 6.13. The number of carbonyl (C=O) groups is 2. The highest BCUT2D eigenvalue weighted by atomic mass is 32.2. The molecule has 2 amide bonds. The zero-order chi connectivity index (χ0) is 9.84. The molecule has 3 N–H and O–H groups in total. The largest absolute Gasteiger partial charge is 0.330 e. The van der Waals surface area contributed by atoms with E-state index in [1.165, 1.54) is 11.8 Å². The Morgan fingerprint density at radius 2 is 2.38 bits per heavy atom. The predicted molar refractivity (Wildman–Crippen MR) is 52.2 cm³/mol. The van der Waals surface area contributed by atoms with E-state index in [4.69, 9.17) is 5.73 Å². The van der Waals surface area contributed by atoms with Crippen molar-refractivity contribution in [1.82, 2.24) is 5.32 Å². The maximum atomic E-state index is 11.1. The SMILES string of the molecule is CC(CN)CSC1CC(=O)NC1=O. The lowest BCUT2D eigenvalue weighted by Gasteiger charge is -2.09. The molecule has 0 saturated carbocycles. The third kappa shape index (κ3) is 3.00. The highest BCUT2D eigenvalue weighted by Gasteiger charge is 2.30. The smallest absolute Gasteiger partial charge is 0.240 e. The van der Waals surface area contributed by atoms with E-state index in [-0.39, 0.29) is 17.1 Å². The lowest BCUT2D eigenvalue weighted by atomic mass is 10.2. The summed E-state index contributed by atoms with van der Waals surface area (Å²) in [7, 11) is 0. The minimum atomic E-state index is -0.193. The zero-order valence-electron chi connectivity index (χ0n) is 7.58. The molecule has 2 atom stereocenters. The Balaban J connectivity index is 2.29. The number of carbonyl (C=O) groups excluding carboxylic acids is 2. The van der Waals surface area contributed by atoms with Crippen molar-refractivity contribution >= 4 is 23.6 Å². The average molecular weight is 202 g/mol. The molecular formula is C8H14N2O2S. The fraction of sp³-hybridized carbons (Fsp3) is 0.750. The Labute approximate surface area is 81.6 Å². The van der Waals surface area contributed by atoms with Gasteiger partial charge in [0.05, 0.1) is 5.25 Å². The Morgan fingerprint density at radius 3 is 2.85 bits per heavy atom. The fourth-order valence-corrected chi connectivity index (χ4v) is 2.19. The number of thioether (sulfide) groups is 1. The quantitative estimate of drug-likeness (QED) is 0.616. The summed E-state index contributed by atoms with van der Waals surface area (Å²) in [5.41, 5.74) is 5.44. The van der Waals surface area contributed by atoms with Gasteiger partial charge < -0.3 is 5.73 Å². The van der Waals surface area contributed by atoms with Gasteiger partial charge in [0.2, 0.25) is 11.8 Å². The van der Waals surface area contributed by atoms with Crippen LogP contribution in [0.3, 0.4) is 0 Å². The summed E-state index contributed by atoms with van der Waals surface area (Å²) in [5, 5.41) is 2.09. The van der Waals surface area contributed by atoms with Gasteiger partial charge in [-0.05, 0) is 18.2 Å². The van der Waals surface area contributed by atoms with Crippen LogP contribution < -0.4 is 11.1 Å². The van der Waals surface area contributed by atoms with Crippen molar-refractivity contribution in [3.63, 3.8) is 0 Å². The number of hydrogen-bond donors (Lipinski definition) is 2. The molecule has 1 heterocycles. The van der Waals surface area contributed by atoms with Crippen LogP contribution in [0, 0.1) is 5.92 Å². The van der Waals surface area contributed by atoms with Gasteiger partial charge in [-0.1, -0.05) is 6.92 Å². The van der Waals surface area contributed by atoms with Crippen molar-refractivity contribution in [2.75, 3.05) is 12.3 Å². The summed E-state index contributed by atoms with van der Waals surface area (Å²) in [4.78, 5) is 21.9. The molecule has 5 heteroatoms. The average Bonchev–Trinajstić information content (AvgIpc) is 2.41. The lowest BCUT2D eigenvalue weighted by Crippen LogP contribution is -2.24. The van der Waals surface area contributed by atoms with Gasteiger partial charge >= 0.3 is 0 Å². The maximum absolute atomic E-state index is 11.1. The van der Waals surface area contributed by atoms with Gasteiger partial charge in [-0.15, -0.1) is 11.8 Å². The summed E-state index contributed by atoms with van der Waals surface area (Å²) >= 11 is 1.52. The number of nitrogens with one attached hydrogen (secondary N) is 1. The standard InChI is InChI=1S/C8H14N2O2S/c1-5(3-9)4-13-6-2-7(11)10-8(6)12/h5-6H,2-4,9H2,1H3,(H,10,11,12). The Kier molecular flexibility index (Phi) is 3.74. The molecule has 1 saturated heterocycles. The van der Waals surface area contributed by atoms with Gasteiger partial charge in [-0.2, -0.15) is 0 Å². The van der Waals surface area contributed by atoms with Crippen LogP contribution in [-0.2, 0) is 9.59 Å². The summed E-state index contributed by atoms with van der Waals surface area (Å²) < 4.78 is 0. The van der Waals surface area contributed by atoms with E-state index >= 15 is 0 Å². The van der Waals surface area contributed by atoms with Crippen molar-refractivity contribution in [3.05, 3.63) is 0 Å². The van der Waals surface area contributed by atoms with Crippen molar-refractivity contribution in [2.45, 2.75) is 18.6 Å². The lowest BCUT2D eigenvalue weighted by molar-refractivity contribution is -0.124. The predicted octanol–water partition coefficient (Wildman–Crippen LogP) is -0.270. The molecular weight excluding hydrogens is 188 g/mol. The van der Waals surface area contributed by atoms with E-state index < -0.39 is 0 Å². The van der Waals surface area contributed by atoms with E-state index in [2.05, 4.69) is 5.32 Å². The molecule has 74 valence electrons. The molecule has 0 aromatic rings. The maximum Gasteiger partial charge on any atom is 0.240 e. The third-order valence-electron chi connectivity index (χ3n) is 1.91. The second kappa shape index (κ2) is 4.62. The van der Waals surface area contributed by atoms with Crippen molar-refractivity contribution in [1.29, 1.82) is 0 Å². The molecule has 0 aromatic carbocycles. The first-order valence-electron chi connectivity index (χ1n) is 4.29. The van der Waals surface area contributed by atoms with E-state index in [1.807, 2.05) is 6.92 Å². The molecule has 0 bridgehead atoms. The number of imide groups is 1. The van der Waals surface area contributed by atoms with Gasteiger partial charge in [0.25, 0.3) is 0 Å². The van der Waals surface area contributed by atoms with Gasteiger partial charge in [0.1, 0.15) is 0 Å². The number of hydrogen-bond acceptors (Lipinski definition) is 4. The second-order valence-electron chi connectivity index (χ2n) is 3.28. The normalized spacial score (nSPS) is 24.6. The summed E-state index contributed by atoms with van der Waals surface area (Å²) in [6.07, 6.45) is 0.320. The first kappa shape index (κ1) is 10.5. The Hall–Kier alpha value is -0.550. The Bertz CT molecular complexity index is 220. The highest BCUT2D eigenvalue weighted by Crippen LogP contribution is 2.21. The van der Waals surface area contributed by atoms with Gasteiger partial charge in [-0.25, -0.2) is 0 Å². The van der Waals surface area contributed by atoms with Crippen LogP contribution >= 0.6 is 11.8 Å². The summed E-state index contributed by atoms with van der Waals surface area (Å²) in [6.45, 7) is 2.65. The molecule has 0 aliphatic carbocycles. The number of nitrogens with two attached hydrogens (primary N) is 1. The molecule has 4 nitrogen and oxygen atoms in total. The fourth-order valence-electron chi connectivity index (χ4n) is 1.01. The van der Waals surface area contributed by atoms with E-state index in [0.717, 1.165) is 5.75 Å². The summed E-state index contributed by atoms with van der Waals surface area (Å²) in [6, 6.07) is 0. The van der Waals surface area contributed by atoms with E-state index in [0.29, 0.717) is 18.9 Å². The molecule has 1 aliphatic rings. The topological polar surface area (TPSA) is 72.2 Å². The van der Waals surface area contributed by atoms with Crippen LogP contribution in [0.15, 0.2) is 0 Å². The van der Waals surface area contributed by atoms with Crippen LogP contribution in [0.5, 0.6) is 0 Å². The minimum Gasteiger partial charge on any atom is -0.330 e. The molecule has 1 fully saturated rings. The molecule has 2 unspecified atom stereocenters. The van der Waals surface area contributed by atoms with Crippen molar-refractivity contribution in [2.24, 2.45) is 11.7 Å². The number of amides is 2. The Morgan fingerprint density at radius 1 is 1.69 bits per heavy atom. The van der Waals surface area contributed by atoms with Crippen molar-refractivity contribution < 1.29 is 9.59 Å². The van der Waals surface area contributed by atoms with E-state index in [1.54, 1.807) is 0 Å². The zero-order valence-corrected chi connectivity index (χ0v) is 8.39. The van der Waals surface area contributed by atoms with Crippen LogP contribution in [0.4, 0.5) is 0 Å². The monoisotopic (exact) mass is 202 g/mol. The van der Waals surface area contributed by atoms with Crippen LogP contribution in [0.25, 0.3) is 0 Å². The van der Waals surface area contributed by atoms with Gasteiger partial charge in [-0.3, -0.25) is 14.9 Å². The molecule has 1 aliphatic heterocycles. The first-order valence-corrected chi connectivity index (χ1v) is 5.33.